The van der Waals surface area contributed by atoms with Crippen LogP contribution in [0.3, 0.4) is 0 Å². The lowest BCUT2D eigenvalue weighted by molar-refractivity contribution is -0.685. The Balaban J connectivity index is 1.77. The van der Waals surface area contributed by atoms with Crippen LogP contribution in [-0.2, 0) is 6.54 Å². The van der Waals surface area contributed by atoms with Crippen molar-refractivity contribution < 1.29 is 14.2 Å². The topological polar surface area (TPSA) is 50.9 Å². The average Bonchev–Trinajstić information content (AvgIpc) is 2.73. The van der Waals surface area contributed by atoms with E-state index in [1.54, 1.807) is 35.3 Å². The lowest BCUT2D eigenvalue weighted by atomic mass is 10.0. The summed E-state index contributed by atoms with van der Waals surface area (Å²) >= 11 is 0. The molecule has 1 heterocycles. The summed E-state index contributed by atoms with van der Waals surface area (Å²) in [5.41, 5.74) is 1.18. The molecular weight excluding hydrogens is 348 g/mol. The molecule has 0 bridgehead atoms. The Hall–Kier alpha value is -2.36. The van der Waals surface area contributed by atoms with Crippen molar-refractivity contribution in [3.8, 4) is 0 Å². The molecule has 4 heteroatoms. The van der Waals surface area contributed by atoms with Gasteiger partial charge in [-0.2, -0.15) is 4.57 Å². The van der Waals surface area contributed by atoms with Crippen LogP contribution in [-0.4, -0.2) is 16.6 Å². The SMILES string of the molecule is CCCCCCCCCCCC(=O)c1cncc[n+]1CC(=O)c1ccccc1. The van der Waals surface area contributed by atoms with Gasteiger partial charge in [0.05, 0.1) is 6.20 Å². The van der Waals surface area contributed by atoms with Gasteiger partial charge >= 0.3 is 0 Å². The van der Waals surface area contributed by atoms with Gasteiger partial charge in [-0.3, -0.25) is 14.6 Å². The van der Waals surface area contributed by atoms with E-state index in [4.69, 9.17) is 0 Å². The number of ketones is 2. The number of aromatic nitrogens is 2. The van der Waals surface area contributed by atoms with Crippen LogP contribution in [0, 0.1) is 0 Å². The van der Waals surface area contributed by atoms with Crippen molar-refractivity contribution in [2.75, 3.05) is 0 Å². The number of nitrogens with zero attached hydrogens (tertiary/aromatic N) is 2. The van der Waals surface area contributed by atoms with E-state index < -0.39 is 0 Å². The van der Waals surface area contributed by atoms with E-state index in [-0.39, 0.29) is 18.1 Å². The van der Waals surface area contributed by atoms with Crippen LogP contribution in [0.25, 0.3) is 0 Å². The molecule has 0 aliphatic rings. The lowest BCUT2D eigenvalue weighted by Crippen LogP contribution is -2.43. The highest BCUT2D eigenvalue weighted by Gasteiger charge is 2.21. The van der Waals surface area contributed by atoms with Gasteiger partial charge in [0.25, 0.3) is 5.69 Å². The maximum Gasteiger partial charge on any atom is 0.267 e. The first kappa shape index (κ1) is 21.9. The van der Waals surface area contributed by atoms with Gasteiger partial charge in [0.2, 0.25) is 18.1 Å². The highest BCUT2D eigenvalue weighted by atomic mass is 16.1. The summed E-state index contributed by atoms with van der Waals surface area (Å²) in [7, 11) is 0. The third-order valence-corrected chi connectivity index (χ3v) is 5.04. The van der Waals surface area contributed by atoms with Gasteiger partial charge in [-0.15, -0.1) is 0 Å². The zero-order valence-corrected chi connectivity index (χ0v) is 17.1. The van der Waals surface area contributed by atoms with Crippen molar-refractivity contribution in [1.29, 1.82) is 0 Å². The summed E-state index contributed by atoms with van der Waals surface area (Å²) in [5, 5.41) is 0. The van der Waals surface area contributed by atoms with Crippen molar-refractivity contribution in [2.24, 2.45) is 0 Å². The van der Waals surface area contributed by atoms with Crippen molar-refractivity contribution in [2.45, 2.75) is 77.7 Å². The van der Waals surface area contributed by atoms with E-state index in [0.717, 1.165) is 12.8 Å². The number of hydrogen-bond acceptors (Lipinski definition) is 3. The van der Waals surface area contributed by atoms with Crippen LogP contribution >= 0.6 is 0 Å². The van der Waals surface area contributed by atoms with E-state index in [1.165, 1.54) is 44.9 Å². The molecule has 0 amide bonds. The quantitative estimate of drug-likeness (QED) is 0.252. The smallest absolute Gasteiger partial charge is 0.267 e. The number of Topliss-reactive ketones (excluding diaryl/α,β-unsaturated/α-hetero) is 2. The van der Waals surface area contributed by atoms with Crippen molar-refractivity contribution >= 4 is 11.6 Å². The van der Waals surface area contributed by atoms with E-state index in [2.05, 4.69) is 11.9 Å². The molecule has 0 radical (unpaired) electrons. The minimum absolute atomic E-state index is 0.00563. The minimum atomic E-state index is -0.00563. The monoisotopic (exact) mass is 381 g/mol. The number of unbranched alkanes of at least 4 members (excludes halogenated alkanes) is 8. The van der Waals surface area contributed by atoms with Crippen LogP contribution in [0.15, 0.2) is 48.9 Å². The number of carbonyl (C=O) groups is 2. The molecule has 0 saturated heterocycles. The largest absolute Gasteiger partial charge is 0.287 e. The number of benzene rings is 1. The fraction of sp³-hybridized carbons (Fsp3) is 0.500. The average molecular weight is 382 g/mol. The summed E-state index contributed by atoms with van der Waals surface area (Å²) in [6, 6.07) is 9.18. The van der Waals surface area contributed by atoms with E-state index in [1.807, 2.05) is 18.2 Å². The molecule has 0 aliphatic carbocycles. The Morgan fingerprint density at radius 1 is 0.857 bits per heavy atom. The fourth-order valence-electron chi connectivity index (χ4n) is 3.35. The zero-order valence-electron chi connectivity index (χ0n) is 17.1. The molecule has 0 saturated carbocycles. The Morgan fingerprint density at radius 2 is 1.50 bits per heavy atom. The molecular formula is C24H33N2O2+. The second kappa shape index (κ2) is 12.9. The van der Waals surface area contributed by atoms with Crippen LogP contribution in [0.4, 0.5) is 0 Å². The van der Waals surface area contributed by atoms with E-state index in [0.29, 0.717) is 17.7 Å². The summed E-state index contributed by atoms with van der Waals surface area (Å²) in [6.07, 6.45) is 16.5. The highest BCUT2D eigenvalue weighted by molar-refractivity contribution is 5.95. The molecule has 1 aromatic heterocycles. The van der Waals surface area contributed by atoms with Crippen LogP contribution in [0.1, 0.15) is 92.0 Å². The van der Waals surface area contributed by atoms with Gasteiger partial charge < -0.3 is 0 Å². The Kier molecular flexibility index (Phi) is 10.1. The first-order valence-corrected chi connectivity index (χ1v) is 10.7. The van der Waals surface area contributed by atoms with Gasteiger partial charge in [-0.05, 0) is 6.42 Å². The molecule has 28 heavy (non-hydrogen) atoms. The van der Waals surface area contributed by atoms with Crippen LogP contribution < -0.4 is 4.57 Å². The van der Waals surface area contributed by atoms with Crippen molar-refractivity contribution in [3.63, 3.8) is 0 Å². The molecule has 0 fully saturated rings. The predicted octanol–water partition coefficient (Wildman–Crippen LogP) is 5.36. The molecule has 0 aliphatic heterocycles. The third-order valence-electron chi connectivity index (χ3n) is 5.04. The van der Waals surface area contributed by atoms with Gasteiger partial charge in [0.15, 0.2) is 6.20 Å². The van der Waals surface area contributed by atoms with Gasteiger partial charge in [0.1, 0.15) is 6.20 Å². The predicted molar refractivity (Wildman–Crippen MR) is 111 cm³/mol. The van der Waals surface area contributed by atoms with Crippen LogP contribution in [0.2, 0.25) is 0 Å². The molecule has 0 atom stereocenters. The summed E-state index contributed by atoms with van der Waals surface area (Å²) < 4.78 is 1.72. The first-order chi connectivity index (χ1) is 13.7. The standard InChI is InChI=1S/C24H33N2O2/c1-2-3-4-5-6-7-8-9-13-16-23(27)22-19-25-17-18-26(22)20-24(28)21-14-11-10-12-15-21/h10-12,14-15,17-19H,2-9,13,16,20H2,1H3/q+1. The summed E-state index contributed by atoms with van der Waals surface area (Å²) in [4.78, 5) is 29.2. The maximum atomic E-state index is 12.6. The lowest BCUT2D eigenvalue weighted by Gasteiger charge is -2.04. The molecule has 0 N–H and O–H groups in total. The van der Waals surface area contributed by atoms with Crippen LogP contribution in [0.5, 0.6) is 0 Å². The Labute approximate surface area is 169 Å². The highest BCUT2D eigenvalue weighted by Crippen LogP contribution is 2.11. The fourth-order valence-corrected chi connectivity index (χ4v) is 3.35. The molecule has 0 unspecified atom stereocenters. The van der Waals surface area contributed by atoms with E-state index in [9.17, 15) is 9.59 Å². The maximum absolute atomic E-state index is 12.6. The minimum Gasteiger partial charge on any atom is -0.287 e. The summed E-state index contributed by atoms with van der Waals surface area (Å²) in [5.74, 6) is 0.0610. The van der Waals surface area contributed by atoms with Gasteiger partial charge in [-0.1, -0.05) is 88.6 Å². The second-order valence-corrected chi connectivity index (χ2v) is 7.38. The molecule has 4 nitrogen and oxygen atoms in total. The Morgan fingerprint density at radius 3 is 2.18 bits per heavy atom. The molecule has 2 aromatic rings. The Bertz CT molecular complexity index is 728. The second-order valence-electron chi connectivity index (χ2n) is 7.38. The van der Waals surface area contributed by atoms with E-state index >= 15 is 0 Å². The molecule has 0 spiro atoms. The first-order valence-electron chi connectivity index (χ1n) is 10.7. The zero-order chi connectivity index (χ0) is 20.0. The molecule has 2 rings (SSSR count). The third kappa shape index (κ3) is 7.71. The number of rotatable bonds is 14. The van der Waals surface area contributed by atoms with Crippen molar-refractivity contribution in [3.05, 3.63) is 60.2 Å². The van der Waals surface area contributed by atoms with Gasteiger partial charge in [-0.25, -0.2) is 0 Å². The number of hydrogen-bond donors (Lipinski definition) is 0. The molecule has 1 aromatic carbocycles. The number of carbonyl (C=O) groups excluding carboxylic acids is 2. The summed E-state index contributed by atoms with van der Waals surface area (Å²) in [6.45, 7) is 2.39. The van der Waals surface area contributed by atoms with Gasteiger partial charge in [0, 0.05) is 12.0 Å². The van der Waals surface area contributed by atoms with Crippen molar-refractivity contribution in [1.82, 2.24) is 4.98 Å². The normalized spacial score (nSPS) is 10.8. The molecule has 150 valence electrons.